The molecule has 2 atom stereocenters. The number of allylic oxidation sites excluding steroid dienone is 7. The zero-order chi connectivity index (χ0) is 31.9. The molecule has 0 aromatic rings. The highest BCUT2D eigenvalue weighted by Gasteiger charge is 2.24. The van der Waals surface area contributed by atoms with Gasteiger partial charge in [-0.3, -0.25) is 9.35 Å². The summed E-state index contributed by atoms with van der Waals surface area (Å²) < 4.78 is 32.3. The van der Waals surface area contributed by atoms with Gasteiger partial charge in [0.2, 0.25) is 5.91 Å². The van der Waals surface area contributed by atoms with E-state index < -0.39 is 28.0 Å². The van der Waals surface area contributed by atoms with Crippen LogP contribution in [0.5, 0.6) is 0 Å². The van der Waals surface area contributed by atoms with Crippen LogP contribution in [0.1, 0.15) is 155 Å². The largest absolute Gasteiger partial charge is 0.387 e. The third-order valence-electron chi connectivity index (χ3n) is 7.46. The van der Waals surface area contributed by atoms with Crippen molar-refractivity contribution in [1.29, 1.82) is 0 Å². The maximum absolute atomic E-state index is 12.4. The van der Waals surface area contributed by atoms with Crippen LogP contribution in [-0.4, -0.2) is 41.9 Å². The number of nitrogens with one attached hydrogen (secondary N) is 1. The van der Waals surface area contributed by atoms with Crippen molar-refractivity contribution in [2.45, 2.75) is 167 Å². The average molecular weight is 624 g/mol. The highest BCUT2D eigenvalue weighted by Crippen LogP contribution is 2.10. The lowest BCUT2D eigenvalue weighted by molar-refractivity contribution is -0.122. The van der Waals surface area contributed by atoms with Crippen LogP contribution in [0.3, 0.4) is 0 Å². The van der Waals surface area contributed by atoms with Crippen molar-refractivity contribution in [3.8, 4) is 0 Å². The number of aliphatic hydroxyl groups excluding tert-OH is 1. The zero-order valence-electron chi connectivity index (χ0n) is 27.6. The summed E-state index contributed by atoms with van der Waals surface area (Å²) >= 11 is 0. The minimum Gasteiger partial charge on any atom is -0.387 e. The van der Waals surface area contributed by atoms with E-state index in [4.69, 9.17) is 0 Å². The van der Waals surface area contributed by atoms with Crippen molar-refractivity contribution in [1.82, 2.24) is 5.32 Å². The van der Waals surface area contributed by atoms with Crippen molar-refractivity contribution >= 4 is 16.0 Å². The van der Waals surface area contributed by atoms with Gasteiger partial charge in [-0.15, -0.1) is 0 Å². The Morgan fingerprint density at radius 1 is 0.605 bits per heavy atom. The maximum atomic E-state index is 12.4. The Morgan fingerprint density at radius 3 is 1.49 bits per heavy atom. The molecule has 0 heterocycles. The van der Waals surface area contributed by atoms with E-state index in [9.17, 15) is 22.9 Å². The number of carbonyl (C=O) groups is 1. The van der Waals surface area contributed by atoms with E-state index >= 15 is 0 Å². The van der Waals surface area contributed by atoms with E-state index in [0.717, 1.165) is 57.8 Å². The molecule has 250 valence electrons. The molecule has 6 nitrogen and oxygen atoms in total. The summed E-state index contributed by atoms with van der Waals surface area (Å²) in [4.78, 5) is 12.4. The molecule has 0 saturated carbocycles. The summed E-state index contributed by atoms with van der Waals surface area (Å²) in [5.74, 6) is -1.02. The van der Waals surface area contributed by atoms with Gasteiger partial charge in [0.15, 0.2) is 0 Å². The summed E-state index contributed by atoms with van der Waals surface area (Å²) in [6.07, 6.45) is 39.5. The van der Waals surface area contributed by atoms with E-state index in [1.807, 2.05) is 0 Å². The van der Waals surface area contributed by atoms with Crippen LogP contribution in [0.4, 0.5) is 0 Å². The number of carbonyl (C=O) groups excluding carboxylic acids is 1. The third kappa shape index (κ3) is 31.5. The Morgan fingerprint density at radius 2 is 1.00 bits per heavy atom. The van der Waals surface area contributed by atoms with Crippen LogP contribution in [0.15, 0.2) is 48.6 Å². The highest BCUT2D eigenvalue weighted by molar-refractivity contribution is 7.85. The molecule has 0 rings (SSSR count). The van der Waals surface area contributed by atoms with Crippen molar-refractivity contribution in [2.75, 3.05) is 5.75 Å². The Bertz CT molecular complexity index is 863. The smallest absolute Gasteiger partial charge is 0.267 e. The molecule has 2 unspecified atom stereocenters. The quantitative estimate of drug-likeness (QED) is 0.0420. The fraction of sp³-hybridized carbons (Fsp3) is 0.750. The van der Waals surface area contributed by atoms with Gasteiger partial charge in [0.05, 0.1) is 17.9 Å². The van der Waals surface area contributed by atoms with Gasteiger partial charge in [-0.05, 0) is 70.6 Å². The van der Waals surface area contributed by atoms with Gasteiger partial charge >= 0.3 is 0 Å². The second-order valence-electron chi connectivity index (χ2n) is 11.8. The Labute approximate surface area is 265 Å². The molecule has 7 heteroatoms. The molecule has 0 aromatic heterocycles. The van der Waals surface area contributed by atoms with Crippen molar-refractivity contribution in [3.05, 3.63) is 48.6 Å². The highest BCUT2D eigenvalue weighted by atomic mass is 32.2. The fourth-order valence-electron chi connectivity index (χ4n) is 4.83. The van der Waals surface area contributed by atoms with E-state index in [0.29, 0.717) is 12.8 Å². The first-order valence-electron chi connectivity index (χ1n) is 17.3. The SMILES string of the molecule is CCCCCC/C=C\CCCCCCCC(=O)NC(CS(=O)(=O)O)C(O)/C=C/CC/C=C/CC/C=C/CCCCCCC. The lowest BCUT2D eigenvalue weighted by Crippen LogP contribution is -2.46. The number of hydrogen-bond acceptors (Lipinski definition) is 4. The van der Waals surface area contributed by atoms with Crippen LogP contribution in [0, 0.1) is 0 Å². The second-order valence-corrected chi connectivity index (χ2v) is 13.3. The van der Waals surface area contributed by atoms with E-state index in [1.54, 1.807) is 6.08 Å². The first-order valence-corrected chi connectivity index (χ1v) is 18.9. The lowest BCUT2D eigenvalue weighted by atomic mass is 10.1. The number of aliphatic hydroxyl groups is 1. The third-order valence-corrected chi connectivity index (χ3v) is 8.24. The zero-order valence-corrected chi connectivity index (χ0v) is 28.4. The summed E-state index contributed by atoms with van der Waals surface area (Å²) in [5, 5.41) is 13.1. The summed E-state index contributed by atoms with van der Waals surface area (Å²) in [6.45, 7) is 4.46. The minimum absolute atomic E-state index is 0.273. The van der Waals surface area contributed by atoms with Crippen LogP contribution in [-0.2, 0) is 14.9 Å². The van der Waals surface area contributed by atoms with Gasteiger partial charge in [0, 0.05) is 6.42 Å². The van der Waals surface area contributed by atoms with E-state index in [-0.39, 0.29) is 12.3 Å². The van der Waals surface area contributed by atoms with Crippen molar-refractivity contribution in [2.24, 2.45) is 0 Å². The molecular weight excluding hydrogens is 558 g/mol. The normalized spacial score (nSPS) is 14.0. The molecule has 0 bridgehead atoms. The van der Waals surface area contributed by atoms with E-state index in [2.05, 4.69) is 55.6 Å². The second kappa shape index (κ2) is 30.3. The van der Waals surface area contributed by atoms with E-state index in [1.165, 1.54) is 70.3 Å². The summed E-state index contributed by atoms with van der Waals surface area (Å²) in [5.41, 5.74) is 0. The molecule has 43 heavy (non-hydrogen) atoms. The fourth-order valence-corrected chi connectivity index (χ4v) is 5.56. The monoisotopic (exact) mass is 623 g/mol. The molecule has 0 fully saturated rings. The number of unbranched alkanes of at least 4 members (excludes halogenated alkanes) is 16. The molecular formula is C36H65NO5S. The standard InChI is InChI=1S/C36H65NO5S/c1-3-5-7-9-11-13-15-17-18-20-21-23-25-27-29-31-35(38)34(33-43(40,41)42)37-36(39)32-30-28-26-24-22-19-16-14-12-10-8-6-4-2/h14-17,21,23,29,31,34-35,38H,3-13,18-20,22,24-28,30,32-33H2,1-2H3,(H,37,39)(H,40,41,42)/b16-14-,17-15+,23-21+,31-29+. The molecule has 0 aliphatic carbocycles. The van der Waals surface area contributed by atoms with Gasteiger partial charge < -0.3 is 10.4 Å². The Kier molecular flexibility index (Phi) is 29.1. The topological polar surface area (TPSA) is 104 Å². The first kappa shape index (κ1) is 41.3. The maximum Gasteiger partial charge on any atom is 0.267 e. The van der Waals surface area contributed by atoms with Gasteiger partial charge in [-0.1, -0.05) is 127 Å². The number of rotatable bonds is 30. The average Bonchev–Trinajstić information content (AvgIpc) is 2.96. The van der Waals surface area contributed by atoms with Gasteiger partial charge in [0.25, 0.3) is 10.1 Å². The molecule has 0 saturated heterocycles. The number of hydrogen-bond donors (Lipinski definition) is 3. The van der Waals surface area contributed by atoms with Crippen LogP contribution >= 0.6 is 0 Å². The first-order chi connectivity index (χ1) is 20.8. The van der Waals surface area contributed by atoms with Gasteiger partial charge in [-0.2, -0.15) is 8.42 Å². The van der Waals surface area contributed by atoms with Gasteiger partial charge in [-0.25, -0.2) is 0 Å². The predicted octanol–water partition coefficient (Wildman–Crippen LogP) is 9.57. The molecule has 3 N–H and O–H groups in total. The molecule has 1 amide bonds. The van der Waals surface area contributed by atoms with Crippen molar-refractivity contribution in [3.63, 3.8) is 0 Å². The van der Waals surface area contributed by atoms with Crippen LogP contribution < -0.4 is 5.32 Å². The predicted molar refractivity (Wildman–Crippen MR) is 184 cm³/mol. The van der Waals surface area contributed by atoms with Crippen LogP contribution in [0.2, 0.25) is 0 Å². The molecule has 0 radical (unpaired) electrons. The lowest BCUT2D eigenvalue weighted by Gasteiger charge is -2.21. The Hall–Kier alpha value is -1.70. The molecule has 0 aromatic carbocycles. The molecule has 0 aliphatic rings. The molecule has 0 aliphatic heterocycles. The number of amides is 1. The summed E-state index contributed by atoms with van der Waals surface area (Å²) in [7, 11) is -4.35. The minimum atomic E-state index is -4.35. The van der Waals surface area contributed by atoms with Crippen LogP contribution in [0.25, 0.3) is 0 Å². The molecule has 0 spiro atoms. The van der Waals surface area contributed by atoms with Crippen molar-refractivity contribution < 1.29 is 22.9 Å². The van der Waals surface area contributed by atoms with Gasteiger partial charge in [0.1, 0.15) is 0 Å². The Balaban J connectivity index is 4.14. The summed E-state index contributed by atoms with van der Waals surface area (Å²) in [6, 6.07) is -1.08.